The quantitative estimate of drug-likeness (QED) is 0.665. The molecule has 3 aromatic heterocycles. The number of hydrogen-bond acceptors (Lipinski definition) is 4. The van der Waals surface area contributed by atoms with Crippen molar-refractivity contribution in [3.05, 3.63) is 48.6 Å². The minimum Gasteiger partial charge on any atom is -0.298 e. The second-order valence-electron chi connectivity index (χ2n) is 6.35. The molecule has 0 aliphatic heterocycles. The highest BCUT2D eigenvalue weighted by molar-refractivity contribution is 7.92. The summed E-state index contributed by atoms with van der Waals surface area (Å²) in [5, 5.41) is 0. The van der Waals surface area contributed by atoms with E-state index in [9.17, 15) is 17.2 Å². The minimum absolute atomic E-state index is 0.108. The van der Waals surface area contributed by atoms with Crippen LogP contribution >= 0.6 is 0 Å². The lowest BCUT2D eigenvalue weighted by molar-refractivity contribution is 0.513. The Morgan fingerprint density at radius 2 is 1.71 bits per heavy atom. The van der Waals surface area contributed by atoms with Crippen LogP contribution in [0.2, 0.25) is 0 Å². The highest BCUT2D eigenvalue weighted by Crippen LogP contribution is 2.27. The third kappa shape index (κ3) is 2.66. The van der Waals surface area contributed by atoms with Gasteiger partial charge < -0.3 is 0 Å². The predicted molar refractivity (Wildman–Crippen MR) is 85.3 cm³/mol. The van der Waals surface area contributed by atoms with Gasteiger partial charge in [0.05, 0.1) is 21.5 Å². The van der Waals surface area contributed by atoms with E-state index in [1.54, 1.807) is 26.8 Å². The molecule has 3 heterocycles. The van der Waals surface area contributed by atoms with E-state index in [0.717, 1.165) is 12.1 Å². The number of nitrogens with zero attached hydrogens (tertiary/aromatic N) is 3. The molecule has 0 amide bonds. The second-order valence-corrected chi connectivity index (χ2v) is 9.06. The lowest BCUT2D eigenvalue weighted by atomic mass is 10.2. The van der Waals surface area contributed by atoms with Gasteiger partial charge in [0.15, 0.2) is 9.84 Å². The largest absolute Gasteiger partial charge is 0.298 e. The van der Waals surface area contributed by atoms with Gasteiger partial charge in [-0.25, -0.2) is 13.4 Å². The summed E-state index contributed by atoms with van der Waals surface area (Å²) in [7, 11) is -3.57. The van der Waals surface area contributed by atoms with E-state index < -0.39 is 26.5 Å². The molecule has 0 atom stereocenters. The topological polar surface area (TPSA) is 64.3 Å². The fourth-order valence-electron chi connectivity index (χ4n) is 2.30. The molecule has 126 valence electrons. The van der Waals surface area contributed by atoms with Crippen molar-refractivity contribution in [1.82, 2.24) is 14.4 Å². The van der Waals surface area contributed by atoms with Gasteiger partial charge >= 0.3 is 0 Å². The molecule has 0 saturated heterocycles. The highest BCUT2D eigenvalue weighted by atomic mass is 32.2. The Hall–Kier alpha value is -2.35. The van der Waals surface area contributed by atoms with Gasteiger partial charge in [-0.15, -0.1) is 0 Å². The molecule has 5 nitrogen and oxygen atoms in total. The zero-order chi connectivity index (χ0) is 17.7. The minimum atomic E-state index is -3.57. The van der Waals surface area contributed by atoms with Gasteiger partial charge in [-0.2, -0.15) is 13.8 Å². The molecule has 8 heteroatoms. The van der Waals surface area contributed by atoms with Crippen LogP contribution in [0.3, 0.4) is 0 Å². The van der Waals surface area contributed by atoms with Crippen LogP contribution in [-0.4, -0.2) is 27.5 Å². The Morgan fingerprint density at radius 1 is 1.08 bits per heavy atom. The Balaban J connectivity index is 2.24. The Labute approximate surface area is 137 Å². The summed E-state index contributed by atoms with van der Waals surface area (Å²) in [5.74, 6) is -1.92. The number of fused-ring (bicyclic) bond motifs is 1. The molecule has 0 bridgehead atoms. The number of imidazole rings is 1. The SMILES string of the molecule is CC(C)(C)S(=O)(=O)c1ccc2ncc(-c3cc(F)nc(F)c3)n2c1. The van der Waals surface area contributed by atoms with E-state index >= 15 is 0 Å². The summed E-state index contributed by atoms with van der Waals surface area (Å²) >= 11 is 0. The molecule has 0 unspecified atom stereocenters. The van der Waals surface area contributed by atoms with Gasteiger partial charge in [0.25, 0.3) is 0 Å². The van der Waals surface area contributed by atoms with Crippen molar-refractivity contribution in [3.8, 4) is 11.3 Å². The maximum absolute atomic E-state index is 13.4. The fourth-order valence-corrected chi connectivity index (χ4v) is 3.50. The third-order valence-electron chi connectivity index (χ3n) is 3.65. The number of sulfone groups is 1. The van der Waals surface area contributed by atoms with Gasteiger partial charge in [0.1, 0.15) is 5.65 Å². The first-order chi connectivity index (χ1) is 11.1. The molecule has 0 N–H and O–H groups in total. The smallest absolute Gasteiger partial charge is 0.216 e. The molecule has 24 heavy (non-hydrogen) atoms. The zero-order valence-electron chi connectivity index (χ0n) is 13.3. The highest BCUT2D eigenvalue weighted by Gasteiger charge is 2.31. The average Bonchev–Trinajstić information content (AvgIpc) is 2.87. The average molecular weight is 351 g/mol. The molecule has 0 aromatic carbocycles. The molecule has 0 spiro atoms. The van der Waals surface area contributed by atoms with Crippen LogP contribution in [0.4, 0.5) is 8.78 Å². The molecule has 3 aromatic rings. The van der Waals surface area contributed by atoms with E-state index in [0.29, 0.717) is 11.3 Å². The van der Waals surface area contributed by atoms with Crippen molar-refractivity contribution in [2.24, 2.45) is 0 Å². The molecule has 0 saturated carbocycles. The molecule has 0 aliphatic rings. The Kier molecular flexibility index (Phi) is 3.67. The summed E-state index contributed by atoms with van der Waals surface area (Å²) in [4.78, 5) is 7.31. The van der Waals surface area contributed by atoms with Crippen molar-refractivity contribution >= 4 is 15.5 Å². The van der Waals surface area contributed by atoms with E-state index in [2.05, 4.69) is 9.97 Å². The molecule has 3 rings (SSSR count). The van der Waals surface area contributed by atoms with E-state index in [1.165, 1.54) is 22.9 Å². The van der Waals surface area contributed by atoms with Crippen LogP contribution in [0, 0.1) is 11.9 Å². The zero-order valence-corrected chi connectivity index (χ0v) is 14.1. The Morgan fingerprint density at radius 3 is 2.29 bits per heavy atom. The first-order valence-electron chi connectivity index (χ1n) is 7.15. The van der Waals surface area contributed by atoms with E-state index in [1.807, 2.05) is 0 Å². The number of pyridine rings is 2. The summed E-state index contributed by atoms with van der Waals surface area (Å²) in [6.07, 6.45) is 2.84. The van der Waals surface area contributed by atoms with E-state index in [4.69, 9.17) is 0 Å². The fraction of sp³-hybridized carbons (Fsp3) is 0.250. The normalized spacial score (nSPS) is 12.7. The van der Waals surface area contributed by atoms with Crippen LogP contribution in [0.5, 0.6) is 0 Å². The number of rotatable bonds is 2. The Bertz CT molecular complexity index is 1020. The molecular formula is C16H15F2N3O2S. The van der Waals surface area contributed by atoms with Crippen LogP contribution in [0.25, 0.3) is 16.9 Å². The van der Waals surface area contributed by atoms with Crippen molar-refractivity contribution in [2.45, 2.75) is 30.4 Å². The van der Waals surface area contributed by atoms with Gasteiger partial charge in [0, 0.05) is 23.9 Å². The second kappa shape index (κ2) is 5.34. The lowest BCUT2D eigenvalue weighted by Crippen LogP contribution is -2.28. The van der Waals surface area contributed by atoms with Gasteiger partial charge in [-0.3, -0.25) is 4.40 Å². The van der Waals surface area contributed by atoms with Crippen molar-refractivity contribution < 1.29 is 17.2 Å². The summed E-state index contributed by atoms with van der Waals surface area (Å²) in [6.45, 7) is 4.82. The maximum Gasteiger partial charge on any atom is 0.216 e. The van der Waals surface area contributed by atoms with Crippen molar-refractivity contribution in [2.75, 3.05) is 0 Å². The van der Waals surface area contributed by atoms with Gasteiger partial charge in [-0.1, -0.05) is 0 Å². The monoisotopic (exact) mass is 351 g/mol. The maximum atomic E-state index is 13.4. The van der Waals surface area contributed by atoms with Crippen molar-refractivity contribution in [3.63, 3.8) is 0 Å². The standard InChI is InChI=1S/C16H15F2N3O2S/c1-16(2,3)24(22,23)11-4-5-15-19-8-12(21(15)9-11)10-6-13(17)20-14(18)7-10/h4-9H,1-3H3. The van der Waals surface area contributed by atoms with Crippen LogP contribution < -0.4 is 0 Å². The third-order valence-corrected chi connectivity index (χ3v) is 6.13. The van der Waals surface area contributed by atoms with Crippen LogP contribution in [-0.2, 0) is 9.84 Å². The number of halogens is 2. The van der Waals surface area contributed by atoms with Crippen LogP contribution in [0.15, 0.2) is 41.6 Å². The molecule has 0 radical (unpaired) electrons. The van der Waals surface area contributed by atoms with E-state index in [-0.39, 0.29) is 10.5 Å². The first kappa shape index (κ1) is 16.5. The van der Waals surface area contributed by atoms with Gasteiger partial charge in [0.2, 0.25) is 11.9 Å². The molecule has 0 fully saturated rings. The number of aromatic nitrogens is 3. The van der Waals surface area contributed by atoms with Crippen molar-refractivity contribution in [1.29, 1.82) is 0 Å². The predicted octanol–water partition coefficient (Wildman–Crippen LogP) is 3.25. The number of hydrogen-bond donors (Lipinski definition) is 0. The summed E-state index contributed by atoms with van der Waals surface area (Å²) < 4.78 is 52.5. The van der Waals surface area contributed by atoms with Gasteiger partial charge in [-0.05, 0) is 32.9 Å². The van der Waals surface area contributed by atoms with Crippen LogP contribution in [0.1, 0.15) is 20.8 Å². The summed E-state index contributed by atoms with van der Waals surface area (Å²) in [5.41, 5.74) is 1.06. The lowest BCUT2D eigenvalue weighted by Gasteiger charge is -2.19. The molecule has 0 aliphatic carbocycles. The first-order valence-corrected chi connectivity index (χ1v) is 8.63. The summed E-state index contributed by atoms with van der Waals surface area (Å²) in [6, 6.07) is 5.16. The molecular weight excluding hydrogens is 336 g/mol.